The molecule has 0 spiro atoms. The van der Waals surface area contributed by atoms with Gasteiger partial charge in [0.1, 0.15) is 11.4 Å². The van der Waals surface area contributed by atoms with Gasteiger partial charge in [0.15, 0.2) is 0 Å². The molecular formula is C18H24FNO4. The van der Waals surface area contributed by atoms with E-state index >= 15 is 0 Å². The average Bonchev–Trinajstić information content (AvgIpc) is 2.46. The minimum atomic E-state index is -1.16. The third kappa shape index (κ3) is 3.68. The molecule has 1 N–H and O–H groups in total. The topological polar surface area (TPSA) is 66.8 Å². The summed E-state index contributed by atoms with van der Waals surface area (Å²) in [5.41, 5.74) is -1.25. The molecule has 2 rings (SSSR count). The first-order valence-corrected chi connectivity index (χ1v) is 8.03. The lowest BCUT2D eigenvalue weighted by Gasteiger charge is -2.46. The number of carboxylic acids is 1. The fourth-order valence-electron chi connectivity index (χ4n) is 3.16. The number of amides is 1. The van der Waals surface area contributed by atoms with E-state index in [1.54, 1.807) is 27.7 Å². The maximum Gasteiger partial charge on any atom is 0.410 e. The molecule has 1 aliphatic heterocycles. The number of hydrogen-bond acceptors (Lipinski definition) is 3. The van der Waals surface area contributed by atoms with Crippen molar-refractivity contribution in [3.05, 3.63) is 35.6 Å². The van der Waals surface area contributed by atoms with Crippen LogP contribution in [0.5, 0.6) is 0 Å². The van der Waals surface area contributed by atoms with Crippen molar-refractivity contribution in [3.8, 4) is 0 Å². The Labute approximate surface area is 141 Å². The lowest BCUT2D eigenvalue weighted by atomic mass is 9.72. The summed E-state index contributed by atoms with van der Waals surface area (Å²) in [5, 5.41) is 9.76. The van der Waals surface area contributed by atoms with Gasteiger partial charge in [0.2, 0.25) is 0 Å². The van der Waals surface area contributed by atoms with Crippen LogP contribution in [0.25, 0.3) is 0 Å². The number of piperidine rings is 1. The Morgan fingerprint density at radius 2 is 1.88 bits per heavy atom. The van der Waals surface area contributed by atoms with Crippen molar-refractivity contribution in [3.63, 3.8) is 0 Å². The number of carbonyl (C=O) groups is 2. The molecule has 24 heavy (non-hydrogen) atoms. The predicted octanol–water partition coefficient (Wildman–Crippen LogP) is 3.99. The Kier molecular flexibility index (Phi) is 4.87. The van der Waals surface area contributed by atoms with Gasteiger partial charge in [-0.25, -0.2) is 9.18 Å². The molecule has 0 bridgehead atoms. The summed E-state index contributed by atoms with van der Waals surface area (Å²) < 4.78 is 18.7. The SMILES string of the molecule is CC(C)(C)OC(=O)N1CCCC(C)(C(=O)O)C1c1ccc(F)cc1. The van der Waals surface area contributed by atoms with E-state index in [0.717, 1.165) is 0 Å². The van der Waals surface area contributed by atoms with Crippen LogP contribution in [0.2, 0.25) is 0 Å². The van der Waals surface area contributed by atoms with Gasteiger partial charge in [-0.15, -0.1) is 0 Å². The van der Waals surface area contributed by atoms with Gasteiger partial charge >= 0.3 is 12.1 Å². The van der Waals surface area contributed by atoms with Gasteiger partial charge in [-0.2, -0.15) is 0 Å². The van der Waals surface area contributed by atoms with Crippen molar-refractivity contribution in [2.45, 2.75) is 52.2 Å². The zero-order valence-corrected chi connectivity index (χ0v) is 14.5. The zero-order valence-electron chi connectivity index (χ0n) is 14.5. The highest BCUT2D eigenvalue weighted by molar-refractivity contribution is 5.78. The largest absolute Gasteiger partial charge is 0.481 e. The van der Waals surface area contributed by atoms with E-state index in [9.17, 15) is 19.1 Å². The number of carboxylic acid groups (broad SMARTS) is 1. The van der Waals surface area contributed by atoms with Gasteiger partial charge in [0, 0.05) is 6.54 Å². The van der Waals surface area contributed by atoms with Crippen molar-refractivity contribution < 1.29 is 23.8 Å². The van der Waals surface area contributed by atoms with E-state index < -0.39 is 34.9 Å². The number of ether oxygens (including phenoxy) is 1. The van der Waals surface area contributed by atoms with Crippen LogP contribution in [0, 0.1) is 11.2 Å². The third-order valence-electron chi connectivity index (χ3n) is 4.31. The molecule has 1 aromatic rings. The smallest absolute Gasteiger partial charge is 0.410 e. The highest BCUT2D eigenvalue weighted by atomic mass is 19.1. The number of halogens is 1. The van der Waals surface area contributed by atoms with Gasteiger partial charge in [-0.1, -0.05) is 12.1 Å². The number of likely N-dealkylation sites (tertiary alicyclic amines) is 1. The fourth-order valence-corrected chi connectivity index (χ4v) is 3.16. The molecule has 6 heteroatoms. The quantitative estimate of drug-likeness (QED) is 0.886. The molecule has 1 saturated heterocycles. The van der Waals surface area contributed by atoms with Gasteiger partial charge < -0.3 is 14.7 Å². The monoisotopic (exact) mass is 337 g/mol. The molecule has 1 fully saturated rings. The number of nitrogens with zero attached hydrogens (tertiary/aromatic N) is 1. The molecule has 2 unspecified atom stereocenters. The first-order chi connectivity index (χ1) is 11.0. The van der Waals surface area contributed by atoms with Crippen molar-refractivity contribution in [1.82, 2.24) is 4.90 Å². The summed E-state index contributed by atoms with van der Waals surface area (Å²) in [6.45, 7) is 7.31. The molecular weight excluding hydrogens is 313 g/mol. The molecule has 132 valence electrons. The summed E-state index contributed by atoms with van der Waals surface area (Å²) in [4.78, 5) is 26.0. The Morgan fingerprint density at radius 3 is 2.38 bits per heavy atom. The first-order valence-electron chi connectivity index (χ1n) is 8.03. The van der Waals surface area contributed by atoms with E-state index in [0.29, 0.717) is 24.9 Å². The summed E-state index contributed by atoms with van der Waals surface area (Å²) in [6.07, 6.45) is 0.452. The van der Waals surface area contributed by atoms with Gasteiger partial charge in [-0.05, 0) is 58.2 Å². The van der Waals surface area contributed by atoms with Crippen LogP contribution in [0.4, 0.5) is 9.18 Å². The van der Waals surface area contributed by atoms with Crippen LogP contribution in [0.1, 0.15) is 52.1 Å². The number of rotatable bonds is 2. The minimum absolute atomic E-state index is 0.403. The van der Waals surface area contributed by atoms with Crippen LogP contribution >= 0.6 is 0 Å². The van der Waals surface area contributed by atoms with E-state index in [-0.39, 0.29) is 0 Å². The molecule has 2 atom stereocenters. The molecule has 0 aliphatic carbocycles. The maximum absolute atomic E-state index is 13.3. The van der Waals surface area contributed by atoms with Gasteiger partial charge in [-0.3, -0.25) is 4.79 Å². The molecule has 0 aromatic heterocycles. The van der Waals surface area contributed by atoms with Crippen LogP contribution in [0.3, 0.4) is 0 Å². The van der Waals surface area contributed by atoms with E-state index in [4.69, 9.17) is 4.74 Å². The maximum atomic E-state index is 13.3. The van der Waals surface area contributed by atoms with Crippen molar-refractivity contribution in [1.29, 1.82) is 0 Å². The summed E-state index contributed by atoms with van der Waals surface area (Å²) in [5.74, 6) is -1.39. The molecule has 0 saturated carbocycles. The molecule has 0 radical (unpaired) electrons. The van der Waals surface area contributed by atoms with Gasteiger partial charge in [0.25, 0.3) is 0 Å². The Bertz CT molecular complexity index is 623. The summed E-state index contributed by atoms with van der Waals surface area (Å²) in [6, 6.07) is 4.91. The lowest BCUT2D eigenvalue weighted by molar-refractivity contribution is -0.155. The molecule has 1 aromatic carbocycles. The second-order valence-electron chi connectivity index (χ2n) is 7.45. The Hall–Kier alpha value is -2.11. The van der Waals surface area contributed by atoms with Crippen LogP contribution in [0.15, 0.2) is 24.3 Å². The molecule has 1 amide bonds. The van der Waals surface area contributed by atoms with Crippen LogP contribution in [-0.2, 0) is 9.53 Å². The van der Waals surface area contributed by atoms with Crippen molar-refractivity contribution in [2.24, 2.45) is 5.41 Å². The van der Waals surface area contributed by atoms with Crippen molar-refractivity contribution in [2.75, 3.05) is 6.54 Å². The Balaban J connectivity index is 2.45. The number of benzene rings is 1. The number of hydrogen-bond donors (Lipinski definition) is 1. The summed E-state index contributed by atoms with van der Waals surface area (Å²) >= 11 is 0. The van der Waals surface area contributed by atoms with E-state index in [1.165, 1.54) is 29.2 Å². The molecule has 1 heterocycles. The van der Waals surface area contributed by atoms with Crippen molar-refractivity contribution >= 4 is 12.1 Å². The second-order valence-corrected chi connectivity index (χ2v) is 7.45. The minimum Gasteiger partial charge on any atom is -0.481 e. The summed E-state index contributed by atoms with van der Waals surface area (Å²) in [7, 11) is 0. The van der Waals surface area contributed by atoms with E-state index in [2.05, 4.69) is 0 Å². The first kappa shape index (κ1) is 18.2. The average molecular weight is 337 g/mol. The fraction of sp³-hybridized carbons (Fsp3) is 0.556. The molecule has 1 aliphatic rings. The van der Waals surface area contributed by atoms with Crippen LogP contribution < -0.4 is 0 Å². The van der Waals surface area contributed by atoms with Crippen LogP contribution in [-0.4, -0.2) is 34.2 Å². The lowest BCUT2D eigenvalue weighted by Crippen LogP contribution is -2.52. The highest BCUT2D eigenvalue weighted by Crippen LogP contribution is 2.46. The third-order valence-corrected chi connectivity index (χ3v) is 4.31. The van der Waals surface area contributed by atoms with E-state index in [1.807, 2.05) is 0 Å². The second kappa shape index (κ2) is 6.42. The highest BCUT2D eigenvalue weighted by Gasteiger charge is 2.50. The predicted molar refractivity (Wildman–Crippen MR) is 87.1 cm³/mol. The normalized spacial score (nSPS) is 24.5. The van der Waals surface area contributed by atoms with Gasteiger partial charge in [0.05, 0.1) is 11.5 Å². The standard InChI is InChI=1S/C18H24FNO4/c1-17(2,3)24-16(23)20-11-5-10-18(4,15(21)22)14(20)12-6-8-13(19)9-7-12/h6-9,14H,5,10-11H2,1-4H3,(H,21,22). The number of aliphatic carboxylic acids is 1. The zero-order chi connectivity index (χ0) is 18.1. The number of carbonyl (C=O) groups excluding carboxylic acids is 1. The molecule has 5 nitrogen and oxygen atoms in total. The Morgan fingerprint density at radius 1 is 1.29 bits per heavy atom.